The first-order valence-electron chi connectivity index (χ1n) is 3.59. The summed E-state index contributed by atoms with van der Waals surface area (Å²) in [5.74, 6) is -1.53. The van der Waals surface area contributed by atoms with Gasteiger partial charge in [-0.3, -0.25) is 9.59 Å². The van der Waals surface area contributed by atoms with Crippen molar-refractivity contribution < 1.29 is 16.1 Å². The van der Waals surface area contributed by atoms with Crippen molar-refractivity contribution in [3.8, 4) is 0 Å². The molecule has 1 amide bonds. The van der Waals surface area contributed by atoms with E-state index < -0.39 is 23.2 Å². The molecule has 2 atom stereocenters. The van der Waals surface area contributed by atoms with Crippen LogP contribution in [0, 0.1) is 0 Å². The summed E-state index contributed by atoms with van der Waals surface area (Å²) >= 11 is 2.86. The zero-order valence-corrected chi connectivity index (χ0v) is 7.59. The van der Waals surface area contributed by atoms with E-state index in [2.05, 4.69) is 21.2 Å². The molecule has 0 aliphatic rings. The Labute approximate surface area is 74.5 Å². The van der Waals surface area contributed by atoms with Crippen LogP contribution in [0.5, 0.6) is 0 Å². The van der Waals surface area contributed by atoms with Crippen molar-refractivity contribution in [2.24, 2.45) is 0 Å². The number of alkyl halides is 1. The number of carboxylic acids is 1. The van der Waals surface area contributed by atoms with Gasteiger partial charge in [-0.25, -0.2) is 0 Å². The van der Waals surface area contributed by atoms with E-state index in [4.69, 9.17) is 6.48 Å². The van der Waals surface area contributed by atoms with E-state index in [0.29, 0.717) is 0 Å². The third-order valence-corrected chi connectivity index (χ3v) is 1.33. The molecule has 2 N–H and O–H groups in total. The third kappa shape index (κ3) is 4.78. The maximum absolute atomic E-state index is 10.8. The van der Waals surface area contributed by atoms with Gasteiger partial charge in [0, 0.05) is 13.1 Å². The summed E-state index contributed by atoms with van der Waals surface area (Å²) in [6.07, 6.45) is -0.0440. The number of hydrogen-bond acceptors (Lipinski definition) is 2. The van der Waals surface area contributed by atoms with Crippen LogP contribution in [0.2, 0.25) is 0 Å². The molecule has 4 nitrogen and oxygen atoms in total. The smallest absolute Gasteiger partial charge is 0.325 e. The standard InChI is InChI=1S/C6H10BrNO3/c1-4(6(10)11)8-5(9)2-3-7/h4H,2-3H2,1H3,(H,8,9)(H,10,11)/t4-/m0/s1/i3D/t3?,4-. The average Bonchev–Trinajstić information content (AvgIpc) is 1.84. The maximum Gasteiger partial charge on any atom is 0.325 e. The minimum Gasteiger partial charge on any atom is -0.480 e. The number of carbonyl (C=O) groups excluding carboxylic acids is 1. The summed E-state index contributed by atoms with van der Waals surface area (Å²) in [6.45, 7) is 1.37. The highest BCUT2D eigenvalue weighted by molar-refractivity contribution is 9.09. The fraction of sp³-hybridized carbons (Fsp3) is 0.667. The van der Waals surface area contributed by atoms with Crippen LogP contribution in [-0.2, 0) is 9.59 Å². The minimum atomic E-state index is -1.08. The van der Waals surface area contributed by atoms with Gasteiger partial charge in [-0.15, -0.1) is 0 Å². The van der Waals surface area contributed by atoms with Crippen LogP contribution in [0.15, 0.2) is 0 Å². The van der Waals surface area contributed by atoms with Gasteiger partial charge in [-0.05, 0) is 6.92 Å². The Morgan fingerprint density at radius 1 is 1.82 bits per heavy atom. The first-order valence-corrected chi connectivity index (χ1v) is 3.93. The molecule has 0 saturated heterocycles. The zero-order chi connectivity index (χ0) is 9.72. The predicted molar refractivity (Wildman–Crippen MR) is 43.7 cm³/mol. The molecule has 0 saturated carbocycles. The highest BCUT2D eigenvalue weighted by atomic mass is 79.9. The van der Waals surface area contributed by atoms with Crippen molar-refractivity contribution in [2.75, 3.05) is 5.31 Å². The van der Waals surface area contributed by atoms with E-state index in [1.165, 1.54) is 6.92 Å². The minimum absolute atomic E-state index is 0.0440. The summed E-state index contributed by atoms with van der Waals surface area (Å²) in [6, 6.07) is -0.899. The largest absolute Gasteiger partial charge is 0.480 e. The van der Waals surface area contributed by atoms with E-state index in [1.54, 1.807) is 0 Å². The van der Waals surface area contributed by atoms with Crippen molar-refractivity contribution in [1.82, 2.24) is 5.32 Å². The van der Waals surface area contributed by atoms with Gasteiger partial charge >= 0.3 is 5.97 Å². The van der Waals surface area contributed by atoms with Crippen molar-refractivity contribution in [2.45, 2.75) is 19.4 Å². The summed E-state index contributed by atoms with van der Waals surface area (Å²) in [5, 5.41) is 9.93. The van der Waals surface area contributed by atoms with Crippen LogP contribution in [0.1, 0.15) is 14.7 Å². The third-order valence-electron chi connectivity index (χ3n) is 1.01. The van der Waals surface area contributed by atoms with Crippen LogP contribution < -0.4 is 5.32 Å². The lowest BCUT2D eigenvalue weighted by Gasteiger charge is -2.07. The highest BCUT2D eigenvalue weighted by Crippen LogP contribution is 1.89. The van der Waals surface area contributed by atoms with Gasteiger partial charge in [0.1, 0.15) is 6.04 Å². The summed E-state index contributed by atoms with van der Waals surface area (Å²) in [7, 11) is 0. The number of carbonyl (C=O) groups is 2. The van der Waals surface area contributed by atoms with Gasteiger partial charge in [0.25, 0.3) is 0 Å². The summed E-state index contributed by atoms with van der Waals surface area (Å²) in [5.41, 5.74) is 0. The lowest BCUT2D eigenvalue weighted by Crippen LogP contribution is -2.38. The number of aliphatic carboxylic acids is 1. The number of nitrogens with one attached hydrogen (secondary N) is 1. The molecule has 0 aromatic rings. The van der Waals surface area contributed by atoms with Gasteiger partial charge < -0.3 is 10.4 Å². The van der Waals surface area contributed by atoms with Crippen molar-refractivity contribution in [3.05, 3.63) is 0 Å². The maximum atomic E-state index is 10.8. The molecule has 0 radical (unpaired) electrons. The second-order valence-corrected chi connectivity index (χ2v) is 2.63. The van der Waals surface area contributed by atoms with Gasteiger partial charge in [0.2, 0.25) is 5.91 Å². The summed E-state index contributed by atoms with van der Waals surface area (Å²) in [4.78, 5) is 21.1. The molecule has 0 rings (SSSR count). The number of carboxylic acid groups (broad SMARTS) is 1. The molecule has 0 bridgehead atoms. The molecule has 0 heterocycles. The second-order valence-electron chi connectivity index (χ2n) is 1.99. The van der Waals surface area contributed by atoms with E-state index in [0.717, 1.165) is 0 Å². The molecular weight excluding hydrogens is 214 g/mol. The molecule has 1 unspecified atom stereocenters. The lowest BCUT2D eigenvalue weighted by molar-refractivity contribution is -0.141. The topological polar surface area (TPSA) is 66.4 Å². The van der Waals surface area contributed by atoms with Crippen LogP contribution in [0.25, 0.3) is 0 Å². The lowest BCUT2D eigenvalue weighted by atomic mass is 10.3. The number of rotatable bonds is 4. The van der Waals surface area contributed by atoms with Crippen LogP contribution in [-0.4, -0.2) is 28.3 Å². The molecular formula is C6H10BrNO3. The van der Waals surface area contributed by atoms with Gasteiger partial charge in [-0.2, -0.15) is 0 Å². The van der Waals surface area contributed by atoms with Crippen LogP contribution in [0.3, 0.4) is 0 Å². The summed E-state index contributed by atoms with van der Waals surface area (Å²) < 4.78 is 6.97. The van der Waals surface area contributed by atoms with Gasteiger partial charge in [0.05, 0.1) is 0 Å². The fourth-order valence-electron chi connectivity index (χ4n) is 0.432. The first-order chi connectivity index (χ1) is 5.43. The molecule has 64 valence electrons. The Kier molecular flexibility index (Phi) is 3.96. The Morgan fingerprint density at radius 3 is 2.73 bits per heavy atom. The van der Waals surface area contributed by atoms with Crippen LogP contribution in [0.4, 0.5) is 0 Å². The van der Waals surface area contributed by atoms with Crippen molar-refractivity contribution >= 4 is 27.8 Å². The number of halogens is 1. The molecule has 0 aromatic heterocycles. The molecule has 0 aromatic carbocycles. The Hall–Kier alpha value is -0.580. The first kappa shape index (κ1) is 8.52. The molecule has 0 aliphatic heterocycles. The zero-order valence-electron chi connectivity index (χ0n) is 7.00. The van der Waals surface area contributed by atoms with E-state index >= 15 is 0 Å². The van der Waals surface area contributed by atoms with Crippen molar-refractivity contribution in [1.29, 1.82) is 0 Å². The van der Waals surface area contributed by atoms with Gasteiger partial charge in [0.15, 0.2) is 0 Å². The molecule has 5 heteroatoms. The molecule has 0 spiro atoms. The van der Waals surface area contributed by atoms with E-state index in [1.807, 2.05) is 0 Å². The molecule has 0 fully saturated rings. The van der Waals surface area contributed by atoms with E-state index in [9.17, 15) is 9.59 Å². The monoisotopic (exact) mass is 224 g/mol. The Balaban J connectivity index is 3.77. The Morgan fingerprint density at radius 2 is 2.36 bits per heavy atom. The fourth-order valence-corrected chi connectivity index (χ4v) is 0.726. The predicted octanol–water partition coefficient (Wildman–Crippen LogP) is 0.361. The number of hydrogen-bond donors (Lipinski definition) is 2. The van der Waals surface area contributed by atoms with Crippen molar-refractivity contribution in [3.63, 3.8) is 0 Å². The SMILES string of the molecule is [2H]C(Br)CC(=O)N[C@@H](C)C(=O)O. The van der Waals surface area contributed by atoms with E-state index in [-0.39, 0.29) is 6.42 Å². The quantitative estimate of drug-likeness (QED) is 0.679. The van der Waals surface area contributed by atoms with Crippen LogP contribution >= 0.6 is 15.9 Å². The molecule has 0 aliphatic carbocycles. The number of amides is 1. The molecule has 11 heavy (non-hydrogen) atoms. The van der Waals surface area contributed by atoms with Gasteiger partial charge in [-0.1, -0.05) is 15.9 Å². The average molecular weight is 225 g/mol. The highest BCUT2D eigenvalue weighted by Gasteiger charge is 2.12. The second kappa shape index (κ2) is 5.12. The normalized spacial score (nSPS) is 16.4. The Bertz CT molecular complexity index is 186.